The number of anilines is 1. The predicted molar refractivity (Wildman–Crippen MR) is 125 cm³/mol. The summed E-state index contributed by atoms with van der Waals surface area (Å²) in [6.07, 6.45) is 2.84. The first-order valence-electron chi connectivity index (χ1n) is 10.0. The average molecular weight is 490 g/mol. The third-order valence-electron chi connectivity index (χ3n) is 4.98. The Morgan fingerprint density at radius 1 is 0.861 bits per heavy atom. The van der Waals surface area contributed by atoms with Crippen molar-refractivity contribution in [3.63, 3.8) is 0 Å². The van der Waals surface area contributed by atoms with Crippen molar-refractivity contribution in [2.45, 2.75) is 0 Å². The van der Waals surface area contributed by atoms with Crippen molar-refractivity contribution < 1.29 is 30.0 Å². The Labute approximate surface area is 201 Å². The monoisotopic (exact) mass is 490 g/mol. The molecule has 0 amide bonds. The molecule has 4 rings (SSSR count). The summed E-state index contributed by atoms with van der Waals surface area (Å²) in [5.41, 5.74) is 7.34. The van der Waals surface area contributed by atoms with Gasteiger partial charge in [-0.2, -0.15) is 0 Å². The quantitative estimate of drug-likeness (QED) is 0.158. The minimum absolute atomic E-state index is 0.135. The van der Waals surface area contributed by atoms with Gasteiger partial charge in [0.2, 0.25) is 0 Å². The van der Waals surface area contributed by atoms with Crippen LogP contribution in [-0.2, 0) is 0 Å². The number of hydrogen-bond donors (Lipinski definition) is 6. The summed E-state index contributed by atoms with van der Waals surface area (Å²) in [5, 5.41) is 54.9. The van der Waals surface area contributed by atoms with Crippen molar-refractivity contribution in [2.75, 3.05) is 5.01 Å². The van der Waals surface area contributed by atoms with E-state index in [1.165, 1.54) is 53.5 Å². The Morgan fingerprint density at radius 3 is 2.11 bits per heavy atom. The number of nitrogens with zero attached hydrogens (tertiary/aromatic N) is 6. The molecule has 14 heteroatoms. The Balaban J connectivity index is 1.51. The number of carboxylic acids is 2. The molecule has 0 aliphatic heterocycles. The standard InChI is InChI=1S/C22H18N8O6/c23-15(9-29(24)11-1-3-13(21(33)34)19(31)7-11)16-5-6-17(26-25-16)18-10-30(28-27-18)12-2-4-14(22(35)36)20(32)8-12/h1-10,31-32H,23-24H2,(H,33,34)(H,35,36)/b15-9-. The van der Waals surface area contributed by atoms with Gasteiger partial charge in [-0.3, -0.25) is 5.01 Å². The number of rotatable bonds is 7. The van der Waals surface area contributed by atoms with Crippen LogP contribution in [-0.4, -0.2) is 57.6 Å². The number of carbonyl (C=O) groups is 2. The van der Waals surface area contributed by atoms with Crippen LogP contribution in [0.25, 0.3) is 22.8 Å². The molecule has 2 aromatic heterocycles. The highest BCUT2D eigenvalue weighted by atomic mass is 16.4. The first-order chi connectivity index (χ1) is 17.1. The molecule has 0 radical (unpaired) electrons. The molecule has 0 spiro atoms. The Morgan fingerprint density at radius 2 is 1.53 bits per heavy atom. The van der Waals surface area contributed by atoms with Gasteiger partial charge in [-0.1, -0.05) is 5.21 Å². The molecule has 2 aromatic carbocycles. The van der Waals surface area contributed by atoms with E-state index in [0.717, 1.165) is 5.01 Å². The zero-order valence-electron chi connectivity index (χ0n) is 18.2. The average Bonchev–Trinajstić information content (AvgIpc) is 3.34. The molecule has 0 atom stereocenters. The zero-order valence-corrected chi connectivity index (χ0v) is 18.2. The van der Waals surface area contributed by atoms with Gasteiger partial charge >= 0.3 is 11.9 Å². The van der Waals surface area contributed by atoms with Gasteiger partial charge in [0.05, 0.1) is 23.3 Å². The molecule has 0 bridgehead atoms. The topological polar surface area (TPSA) is 227 Å². The summed E-state index contributed by atoms with van der Waals surface area (Å²) in [7, 11) is 0. The van der Waals surface area contributed by atoms with Crippen molar-refractivity contribution in [1.29, 1.82) is 0 Å². The number of aromatic nitrogens is 5. The zero-order chi connectivity index (χ0) is 26.0. The largest absolute Gasteiger partial charge is 0.507 e. The van der Waals surface area contributed by atoms with Gasteiger partial charge in [-0.25, -0.2) is 20.1 Å². The second-order valence-electron chi connectivity index (χ2n) is 7.36. The summed E-state index contributed by atoms with van der Waals surface area (Å²) < 4.78 is 1.34. The van der Waals surface area contributed by atoms with Crippen LogP contribution in [0, 0.1) is 0 Å². The van der Waals surface area contributed by atoms with E-state index in [2.05, 4.69) is 20.5 Å². The first-order valence-corrected chi connectivity index (χ1v) is 10.0. The van der Waals surface area contributed by atoms with Crippen molar-refractivity contribution in [2.24, 2.45) is 11.6 Å². The SMILES string of the molecule is N/C(=C\N(N)c1ccc(C(=O)O)c(O)c1)c1ccc(-c2cn(-c3ccc(C(=O)O)c(O)c3)nn2)nn1. The van der Waals surface area contributed by atoms with Crippen LogP contribution in [0.4, 0.5) is 5.69 Å². The number of aromatic hydroxyl groups is 2. The molecule has 0 saturated heterocycles. The number of aromatic carboxylic acids is 2. The Kier molecular flexibility index (Phi) is 6.17. The van der Waals surface area contributed by atoms with E-state index in [1.807, 2.05) is 0 Å². The fraction of sp³-hybridized carbons (Fsp3) is 0. The molecule has 0 saturated carbocycles. The molecule has 2 heterocycles. The normalized spacial score (nSPS) is 11.3. The van der Waals surface area contributed by atoms with Crippen LogP contribution < -0.4 is 16.6 Å². The van der Waals surface area contributed by atoms with Gasteiger partial charge in [0.25, 0.3) is 0 Å². The molecule has 8 N–H and O–H groups in total. The maximum atomic E-state index is 11.1. The van der Waals surface area contributed by atoms with Gasteiger partial charge in [-0.15, -0.1) is 15.3 Å². The summed E-state index contributed by atoms with van der Waals surface area (Å²) in [6.45, 7) is 0. The lowest BCUT2D eigenvalue weighted by molar-refractivity contribution is 0.0682. The summed E-state index contributed by atoms with van der Waals surface area (Å²) in [4.78, 5) is 22.1. The third kappa shape index (κ3) is 4.73. The van der Waals surface area contributed by atoms with Crippen LogP contribution >= 0.6 is 0 Å². The molecular formula is C22H18N8O6. The van der Waals surface area contributed by atoms with Crippen LogP contribution in [0.1, 0.15) is 26.4 Å². The number of hydrogen-bond acceptors (Lipinski definition) is 11. The lowest BCUT2D eigenvalue weighted by atomic mass is 10.2. The number of nitrogens with two attached hydrogens (primary N) is 2. The summed E-state index contributed by atoms with van der Waals surface area (Å²) >= 11 is 0. The van der Waals surface area contributed by atoms with E-state index in [4.69, 9.17) is 21.8 Å². The minimum Gasteiger partial charge on any atom is -0.507 e. The molecule has 14 nitrogen and oxygen atoms in total. The van der Waals surface area contributed by atoms with E-state index < -0.39 is 23.4 Å². The van der Waals surface area contributed by atoms with Crippen LogP contribution in [0.5, 0.6) is 11.5 Å². The lowest BCUT2D eigenvalue weighted by Crippen LogP contribution is -2.26. The van der Waals surface area contributed by atoms with Gasteiger partial charge in [0.1, 0.15) is 39.7 Å². The van der Waals surface area contributed by atoms with Crippen molar-refractivity contribution >= 4 is 23.3 Å². The number of benzene rings is 2. The molecule has 0 fully saturated rings. The molecular weight excluding hydrogens is 472 g/mol. The molecule has 0 aliphatic rings. The van der Waals surface area contributed by atoms with E-state index in [1.54, 1.807) is 12.1 Å². The summed E-state index contributed by atoms with van der Waals surface area (Å²) in [6, 6.07) is 10.9. The van der Waals surface area contributed by atoms with Crippen LogP contribution in [0.15, 0.2) is 60.9 Å². The maximum absolute atomic E-state index is 11.1. The van der Waals surface area contributed by atoms with E-state index >= 15 is 0 Å². The molecule has 4 aromatic rings. The highest BCUT2D eigenvalue weighted by Gasteiger charge is 2.14. The predicted octanol–water partition coefficient (Wildman–Crippen LogP) is 1.17. The smallest absolute Gasteiger partial charge is 0.339 e. The van der Waals surface area contributed by atoms with Gasteiger partial charge in [-0.05, 0) is 36.4 Å². The highest BCUT2D eigenvalue weighted by molar-refractivity contribution is 5.92. The van der Waals surface area contributed by atoms with Crippen molar-refractivity contribution in [3.8, 4) is 28.6 Å². The van der Waals surface area contributed by atoms with Gasteiger partial charge in [0.15, 0.2) is 0 Å². The number of phenols is 2. The Bertz CT molecular complexity index is 1500. The second kappa shape index (κ2) is 9.40. The lowest BCUT2D eigenvalue weighted by Gasteiger charge is -2.15. The fourth-order valence-corrected chi connectivity index (χ4v) is 3.13. The highest BCUT2D eigenvalue weighted by Crippen LogP contribution is 2.25. The van der Waals surface area contributed by atoms with Crippen molar-refractivity contribution in [1.82, 2.24) is 25.2 Å². The second-order valence-corrected chi connectivity index (χ2v) is 7.36. The maximum Gasteiger partial charge on any atom is 0.339 e. The van der Waals surface area contributed by atoms with E-state index in [-0.39, 0.29) is 28.2 Å². The molecule has 182 valence electrons. The van der Waals surface area contributed by atoms with Crippen LogP contribution in [0.3, 0.4) is 0 Å². The summed E-state index contributed by atoms with van der Waals surface area (Å²) in [5.74, 6) is 2.55. The first kappa shape index (κ1) is 23.7. The minimum atomic E-state index is -1.28. The van der Waals surface area contributed by atoms with Gasteiger partial charge in [0, 0.05) is 18.3 Å². The van der Waals surface area contributed by atoms with E-state index in [0.29, 0.717) is 17.1 Å². The fourth-order valence-electron chi connectivity index (χ4n) is 3.13. The molecule has 0 aliphatic carbocycles. The van der Waals surface area contributed by atoms with E-state index in [9.17, 15) is 19.8 Å². The van der Waals surface area contributed by atoms with Gasteiger partial charge < -0.3 is 26.2 Å². The third-order valence-corrected chi connectivity index (χ3v) is 4.98. The Hall–Kier alpha value is -5.50. The van der Waals surface area contributed by atoms with Crippen molar-refractivity contribution in [3.05, 3.63) is 77.7 Å². The number of carboxylic acid groups (broad SMARTS) is 2. The van der Waals surface area contributed by atoms with Crippen LogP contribution in [0.2, 0.25) is 0 Å². The number of hydrazine groups is 1. The molecule has 36 heavy (non-hydrogen) atoms. The molecule has 0 unspecified atom stereocenters.